The molecule has 1 aromatic carbocycles. The highest BCUT2D eigenvalue weighted by Gasteiger charge is 2.09. The molecule has 0 saturated heterocycles. The van der Waals surface area contributed by atoms with Crippen LogP contribution in [0.15, 0.2) is 18.2 Å². The second-order valence-corrected chi connectivity index (χ2v) is 5.67. The molecule has 0 aromatic heterocycles. The molecule has 0 aliphatic heterocycles. The highest BCUT2D eigenvalue weighted by atomic mass is 16.5. The zero-order chi connectivity index (χ0) is 13.7. The van der Waals surface area contributed by atoms with Gasteiger partial charge in [-0.05, 0) is 37.0 Å². The molecular weight excluding hydrogens is 222 g/mol. The Kier molecular flexibility index (Phi) is 5.67. The highest BCUT2D eigenvalue weighted by molar-refractivity contribution is 5.37. The number of hydrogen-bond acceptors (Lipinski definition) is 2. The summed E-state index contributed by atoms with van der Waals surface area (Å²) in [7, 11) is 0. The largest absolute Gasteiger partial charge is 0.489 e. The Labute approximate surface area is 112 Å². The van der Waals surface area contributed by atoms with Gasteiger partial charge in [0.2, 0.25) is 0 Å². The summed E-state index contributed by atoms with van der Waals surface area (Å²) < 4.78 is 6.02. The van der Waals surface area contributed by atoms with Gasteiger partial charge in [-0.25, -0.2) is 0 Å². The zero-order valence-electron chi connectivity index (χ0n) is 12.6. The van der Waals surface area contributed by atoms with Gasteiger partial charge in [0.15, 0.2) is 0 Å². The van der Waals surface area contributed by atoms with Crippen LogP contribution in [0, 0.1) is 6.92 Å². The van der Waals surface area contributed by atoms with E-state index in [1.165, 1.54) is 11.1 Å². The maximum atomic E-state index is 6.02. The third-order valence-electron chi connectivity index (χ3n) is 3.02. The number of hydrogen-bond donors (Lipinski definition) is 1. The number of nitrogens with one attached hydrogen (secondary N) is 1. The van der Waals surface area contributed by atoms with Gasteiger partial charge in [0.05, 0.1) is 0 Å². The van der Waals surface area contributed by atoms with Crippen molar-refractivity contribution >= 4 is 0 Å². The molecule has 102 valence electrons. The molecule has 18 heavy (non-hydrogen) atoms. The van der Waals surface area contributed by atoms with Crippen LogP contribution in [0.3, 0.4) is 0 Å². The van der Waals surface area contributed by atoms with Crippen molar-refractivity contribution in [3.05, 3.63) is 29.3 Å². The summed E-state index contributed by atoms with van der Waals surface area (Å²) in [5.41, 5.74) is 2.54. The number of aryl methyl sites for hydroxylation is 1. The summed E-state index contributed by atoms with van der Waals surface area (Å²) in [6.07, 6.45) is 0.188. The summed E-state index contributed by atoms with van der Waals surface area (Å²) in [6.45, 7) is 13.8. The number of rotatable bonds is 6. The Balaban J connectivity index is 2.68. The normalized spacial score (nSPS) is 13.1. The van der Waals surface area contributed by atoms with Crippen LogP contribution in [-0.2, 0) is 0 Å². The Hall–Kier alpha value is -1.02. The highest BCUT2D eigenvalue weighted by Crippen LogP contribution is 2.25. The van der Waals surface area contributed by atoms with Gasteiger partial charge < -0.3 is 10.1 Å². The van der Waals surface area contributed by atoms with Crippen molar-refractivity contribution in [1.29, 1.82) is 0 Å². The molecule has 0 aliphatic carbocycles. The minimum atomic E-state index is 0.188. The van der Waals surface area contributed by atoms with Crippen molar-refractivity contribution in [3.63, 3.8) is 0 Å². The summed E-state index contributed by atoms with van der Waals surface area (Å²) in [5, 5.41) is 3.40. The third kappa shape index (κ3) is 4.69. The Bertz CT molecular complexity index is 371. The van der Waals surface area contributed by atoms with Crippen molar-refractivity contribution < 1.29 is 4.74 Å². The van der Waals surface area contributed by atoms with Gasteiger partial charge in [-0.3, -0.25) is 0 Å². The maximum absolute atomic E-state index is 6.02. The van der Waals surface area contributed by atoms with Gasteiger partial charge >= 0.3 is 0 Å². The molecule has 1 rings (SSSR count). The molecule has 2 nitrogen and oxygen atoms in total. The molecule has 0 radical (unpaired) electrons. The van der Waals surface area contributed by atoms with Crippen LogP contribution >= 0.6 is 0 Å². The van der Waals surface area contributed by atoms with Crippen LogP contribution in [0.1, 0.15) is 51.7 Å². The molecular formula is C16H27NO. The van der Waals surface area contributed by atoms with Gasteiger partial charge in [-0.15, -0.1) is 0 Å². The third-order valence-corrected chi connectivity index (χ3v) is 3.02. The minimum Gasteiger partial charge on any atom is -0.489 e. The van der Waals surface area contributed by atoms with E-state index in [2.05, 4.69) is 65.1 Å². The van der Waals surface area contributed by atoms with Crippen LogP contribution < -0.4 is 10.1 Å². The van der Waals surface area contributed by atoms with E-state index in [-0.39, 0.29) is 6.10 Å². The number of benzene rings is 1. The first-order chi connectivity index (χ1) is 8.40. The Morgan fingerprint density at radius 3 is 2.33 bits per heavy atom. The summed E-state index contributed by atoms with van der Waals surface area (Å²) >= 11 is 0. The van der Waals surface area contributed by atoms with Gasteiger partial charge in [0.25, 0.3) is 0 Å². The van der Waals surface area contributed by atoms with Gasteiger partial charge in [-0.1, -0.05) is 39.8 Å². The minimum absolute atomic E-state index is 0.188. The van der Waals surface area contributed by atoms with Crippen LogP contribution in [0.5, 0.6) is 5.75 Å². The lowest BCUT2D eigenvalue weighted by atomic mass is 10.0. The Morgan fingerprint density at radius 1 is 1.11 bits per heavy atom. The van der Waals surface area contributed by atoms with E-state index in [1.54, 1.807) is 0 Å². The van der Waals surface area contributed by atoms with Gasteiger partial charge in [0, 0.05) is 12.6 Å². The predicted octanol–water partition coefficient (Wildman–Crippen LogP) is 3.88. The van der Waals surface area contributed by atoms with Crippen molar-refractivity contribution in [2.45, 2.75) is 59.6 Å². The molecule has 2 heteroatoms. The lowest BCUT2D eigenvalue weighted by Crippen LogP contribution is -2.33. The van der Waals surface area contributed by atoms with E-state index in [1.807, 2.05) is 0 Å². The van der Waals surface area contributed by atoms with E-state index in [0.29, 0.717) is 12.0 Å². The van der Waals surface area contributed by atoms with E-state index in [9.17, 15) is 0 Å². The van der Waals surface area contributed by atoms with E-state index >= 15 is 0 Å². The van der Waals surface area contributed by atoms with Gasteiger partial charge in [-0.2, -0.15) is 0 Å². The summed E-state index contributed by atoms with van der Waals surface area (Å²) in [4.78, 5) is 0. The standard InChI is InChI=1S/C16H27NO/c1-11(2)15-8-7-13(5)16(9-15)18-14(6)10-17-12(3)4/h7-9,11-12,14,17H,10H2,1-6H3. The van der Waals surface area contributed by atoms with Crippen LogP contribution in [0.2, 0.25) is 0 Å². The van der Waals surface area contributed by atoms with Crippen molar-refractivity contribution in [1.82, 2.24) is 5.32 Å². The second kappa shape index (κ2) is 6.79. The molecule has 0 heterocycles. The maximum Gasteiger partial charge on any atom is 0.122 e. The van der Waals surface area contributed by atoms with Crippen LogP contribution in [-0.4, -0.2) is 18.7 Å². The molecule has 1 atom stereocenters. The first-order valence-electron chi connectivity index (χ1n) is 6.90. The first-order valence-corrected chi connectivity index (χ1v) is 6.90. The van der Waals surface area contributed by atoms with Crippen LogP contribution in [0.4, 0.5) is 0 Å². The molecule has 1 unspecified atom stereocenters. The van der Waals surface area contributed by atoms with E-state index < -0.39 is 0 Å². The fourth-order valence-electron chi connectivity index (χ4n) is 1.76. The molecule has 0 amide bonds. The lowest BCUT2D eigenvalue weighted by Gasteiger charge is -2.19. The van der Waals surface area contributed by atoms with Crippen molar-refractivity contribution in [2.24, 2.45) is 0 Å². The first kappa shape index (κ1) is 15.0. The zero-order valence-corrected chi connectivity index (χ0v) is 12.6. The molecule has 0 aliphatic rings. The van der Waals surface area contributed by atoms with Crippen molar-refractivity contribution in [2.75, 3.05) is 6.54 Å². The molecule has 0 bridgehead atoms. The number of ether oxygens (including phenoxy) is 1. The molecule has 0 fully saturated rings. The predicted molar refractivity (Wildman–Crippen MR) is 78.5 cm³/mol. The molecule has 0 spiro atoms. The van der Waals surface area contributed by atoms with Crippen LogP contribution in [0.25, 0.3) is 0 Å². The second-order valence-electron chi connectivity index (χ2n) is 5.67. The lowest BCUT2D eigenvalue weighted by molar-refractivity contribution is 0.212. The Morgan fingerprint density at radius 2 is 1.78 bits per heavy atom. The fourth-order valence-corrected chi connectivity index (χ4v) is 1.76. The topological polar surface area (TPSA) is 21.3 Å². The SMILES string of the molecule is Cc1ccc(C(C)C)cc1OC(C)CNC(C)C. The fraction of sp³-hybridized carbons (Fsp3) is 0.625. The summed E-state index contributed by atoms with van der Waals surface area (Å²) in [5.74, 6) is 1.55. The monoisotopic (exact) mass is 249 g/mol. The van der Waals surface area contributed by atoms with Gasteiger partial charge in [0.1, 0.15) is 11.9 Å². The average Bonchev–Trinajstić information content (AvgIpc) is 2.29. The molecule has 1 aromatic rings. The van der Waals surface area contributed by atoms with Crippen molar-refractivity contribution in [3.8, 4) is 5.75 Å². The quantitative estimate of drug-likeness (QED) is 0.826. The molecule has 1 N–H and O–H groups in total. The molecule has 0 saturated carbocycles. The van der Waals surface area contributed by atoms with E-state index in [4.69, 9.17) is 4.74 Å². The summed E-state index contributed by atoms with van der Waals surface area (Å²) in [6, 6.07) is 7.00. The van der Waals surface area contributed by atoms with E-state index in [0.717, 1.165) is 12.3 Å². The smallest absolute Gasteiger partial charge is 0.122 e. The average molecular weight is 249 g/mol.